The monoisotopic (exact) mass is 330 g/mol. The summed E-state index contributed by atoms with van der Waals surface area (Å²) >= 11 is 0. The summed E-state index contributed by atoms with van der Waals surface area (Å²) in [6.45, 7) is 1.74. The maximum atomic E-state index is 12.8. The number of carbonyl (C=O) groups is 2. The highest BCUT2D eigenvalue weighted by Crippen LogP contribution is 2.35. The number of methoxy groups -OCH3 is 1. The van der Waals surface area contributed by atoms with Gasteiger partial charge in [-0.1, -0.05) is 6.92 Å². The largest absolute Gasteiger partial charge is 0.508 e. The van der Waals surface area contributed by atoms with Gasteiger partial charge < -0.3 is 20.1 Å². The molecule has 0 radical (unpaired) electrons. The smallest absolute Gasteiger partial charge is 0.307 e. The lowest BCUT2D eigenvalue weighted by molar-refractivity contribution is -0.136. The van der Waals surface area contributed by atoms with Crippen molar-refractivity contribution in [3.63, 3.8) is 0 Å². The molecule has 0 heterocycles. The zero-order valence-corrected chi connectivity index (χ0v) is 13.4. The van der Waals surface area contributed by atoms with Crippen molar-refractivity contribution < 1.29 is 29.6 Å². The predicted octanol–water partition coefficient (Wildman–Crippen LogP) is 2.53. The van der Waals surface area contributed by atoms with Gasteiger partial charge in [-0.05, 0) is 41.8 Å². The van der Waals surface area contributed by atoms with E-state index in [9.17, 15) is 19.8 Å². The Hall–Kier alpha value is -3.02. The maximum absolute atomic E-state index is 12.8. The van der Waals surface area contributed by atoms with E-state index < -0.39 is 23.9 Å². The van der Waals surface area contributed by atoms with Gasteiger partial charge in [-0.25, -0.2) is 0 Å². The molecule has 0 aliphatic carbocycles. The summed E-state index contributed by atoms with van der Waals surface area (Å²) in [6, 6.07) is 7.33. The highest BCUT2D eigenvalue weighted by molar-refractivity contribution is 6.12. The number of phenolic OH excluding ortho intramolecular Hbond substituents is 2. The van der Waals surface area contributed by atoms with E-state index in [0.29, 0.717) is 17.7 Å². The fourth-order valence-electron chi connectivity index (χ4n) is 2.63. The number of hydrogen-bond donors (Lipinski definition) is 3. The Bertz CT molecular complexity index is 777. The molecule has 126 valence electrons. The maximum Gasteiger partial charge on any atom is 0.307 e. The third kappa shape index (κ3) is 3.32. The molecule has 0 atom stereocenters. The second-order valence-electron chi connectivity index (χ2n) is 5.23. The molecule has 0 amide bonds. The number of aliphatic carboxylic acids is 1. The Kier molecular flexibility index (Phi) is 5.08. The number of carbonyl (C=O) groups excluding carboxylic acids is 1. The lowest BCUT2D eigenvalue weighted by Crippen LogP contribution is -2.12. The molecular formula is C18H18O6. The second kappa shape index (κ2) is 7.04. The second-order valence-corrected chi connectivity index (χ2v) is 5.23. The van der Waals surface area contributed by atoms with Gasteiger partial charge in [0.1, 0.15) is 17.2 Å². The number of hydrogen-bond acceptors (Lipinski definition) is 5. The van der Waals surface area contributed by atoms with Gasteiger partial charge in [0.15, 0.2) is 5.78 Å². The van der Waals surface area contributed by atoms with Gasteiger partial charge in [-0.2, -0.15) is 0 Å². The normalized spacial score (nSPS) is 10.4. The molecule has 0 aliphatic heterocycles. The van der Waals surface area contributed by atoms with Crippen molar-refractivity contribution in [1.29, 1.82) is 0 Å². The first-order valence-electron chi connectivity index (χ1n) is 7.36. The van der Waals surface area contributed by atoms with Gasteiger partial charge in [-0.3, -0.25) is 9.59 Å². The van der Waals surface area contributed by atoms with Crippen molar-refractivity contribution in [3.8, 4) is 17.2 Å². The van der Waals surface area contributed by atoms with Crippen LogP contribution in [0, 0.1) is 0 Å². The van der Waals surface area contributed by atoms with Crippen LogP contribution in [0.25, 0.3) is 0 Å². The molecule has 3 N–H and O–H groups in total. The van der Waals surface area contributed by atoms with Gasteiger partial charge in [-0.15, -0.1) is 0 Å². The van der Waals surface area contributed by atoms with Crippen molar-refractivity contribution in [2.45, 2.75) is 19.8 Å². The quantitative estimate of drug-likeness (QED) is 0.703. The summed E-state index contributed by atoms with van der Waals surface area (Å²) < 4.78 is 5.04. The molecule has 0 unspecified atom stereocenters. The van der Waals surface area contributed by atoms with Crippen molar-refractivity contribution in [3.05, 3.63) is 52.6 Å². The van der Waals surface area contributed by atoms with Crippen LogP contribution in [-0.4, -0.2) is 34.2 Å². The van der Waals surface area contributed by atoms with Crippen LogP contribution in [0.4, 0.5) is 0 Å². The first-order valence-corrected chi connectivity index (χ1v) is 7.36. The van der Waals surface area contributed by atoms with Crippen LogP contribution in [0.15, 0.2) is 30.3 Å². The van der Waals surface area contributed by atoms with Crippen LogP contribution in [-0.2, 0) is 17.6 Å². The minimum absolute atomic E-state index is 0.0998. The molecule has 2 aromatic rings. The van der Waals surface area contributed by atoms with Crippen LogP contribution < -0.4 is 4.74 Å². The molecule has 2 aromatic carbocycles. The van der Waals surface area contributed by atoms with E-state index >= 15 is 0 Å². The number of ketones is 1. The number of carboxylic acids is 1. The molecular weight excluding hydrogens is 312 g/mol. The molecule has 0 fully saturated rings. The van der Waals surface area contributed by atoms with Crippen molar-refractivity contribution >= 4 is 11.8 Å². The van der Waals surface area contributed by atoms with Gasteiger partial charge in [0.2, 0.25) is 0 Å². The van der Waals surface area contributed by atoms with Crippen LogP contribution in [0.1, 0.15) is 34.0 Å². The van der Waals surface area contributed by atoms with Gasteiger partial charge in [0.25, 0.3) is 0 Å². The van der Waals surface area contributed by atoms with Crippen molar-refractivity contribution in [1.82, 2.24) is 0 Å². The fraction of sp³-hybridized carbons (Fsp3) is 0.222. The first-order chi connectivity index (χ1) is 11.4. The van der Waals surface area contributed by atoms with E-state index in [4.69, 9.17) is 9.84 Å². The zero-order valence-electron chi connectivity index (χ0n) is 13.4. The Labute approximate surface area is 138 Å². The molecule has 2 rings (SSSR count). The van der Waals surface area contributed by atoms with Crippen LogP contribution in [0.5, 0.6) is 17.2 Å². The third-order valence-corrected chi connectivity index (χ3v) is 3.77. The lowest BCUT2D eigenvalue weighted by atomic mass is 9.90. The summed E-state index contributed by atoms with van der Waals surface area (Å²) in [5.74, 6) is -1.76. The van der Waals surface area contributed by atoms with Crippen LogP contribution >= 0.6 is 0 Å². The molecule has 6 heteroatoms. The average molecular weight is 330 g/mol. The Balaban J connectivity index is 2.62. The van der Waals surface area contributed by atoms with E-state index in [1.807, 2.05) is 0 Å². The van der Waals surface area contributed by atoms with Gasteiger partial charge in [0, 0.05) is 11.6 Å². The van der Waals surface area contributed by atoms with E-state index in [1.165, 1.54) is 19.2 Å². The first kappa shape index (κ1) is 17.3. The summed E-state index contributed by atoms with van der Waals surface area (Å²) in [4.78, 5) is 23.9. The predicted molar refractivity (Wildman–Crippen MR) is 86.9 cm³/mol. The number of rotatable bonds is 6. The minimum atomic E-state index is -1.15. The molecule has 0 bridgehead atoms. The highest BCUT2D eigenvalue weighted by atomic mass is 16.5. The number of aromatic hydroxyl groups is 2. The Morgan fingerprint density at radius 1 is 1.04 bits per heavy atom. The van der Waals surface area contributed by atoms with Gasteiger partial charge in [0.05, 0.1) is 19.1 Å². The summed E-state index contributed by atoms with van der Waals surface area (Å²) in [5.41, 5.74) is 0.651. The lowest BCUT2D eigenvalue weighted by Gasteiger charge is -2.15. The van der Waals surface area contributed by atoms with E-state index in [0.717, 1.165) is 6.07 Å². The molecule has 0 saturated heterocycles. The van der Waals surface area contributed by atoms with Crippen LogP contribution in [0.2, 0.25) is 0 Å². The summed E-state index contributed by atoms with van der Waals surface area (Å²) in [7, 11) is 1.50. The molecule has 0 aliphatic rings. The van der Waals surface area contributed by atoms with E-state index in [1.54, 1.807) is 19.1 Å². The van der Waals surface area contributed by atoms with Crippen molar-refractivity contribution in [2.24, 2.45) is 0 Å². The Morgan fingerprint density at radius 3 is 2.17 bits per heavy atom. The Morgan fingerprint density at radius 2 is 1.67 bits per heavy atom. The van der Waals surface area contributed by atoms with Gasteiger partial charge >= 0.3 is 5.97 Å². The highest BCUT2D eigenvalue weighted by Gasteiger charge is 2.24. The SMILES string of the molecule is CCc1c(O)cc(O)c(C(=O)c2ccc(OC)cc2)c1CC(=O)O. The van der Waals surface area contributed by atoms with Crippen LogP contribution in [0.3, 0.4) is 0 Å². The third-order valence-electron chi connectivity index (χ3n) is 3.77. The number of phenols is 2. The zero-order chi connectivity index (χ0) is 17.9. The van der Waals surface area contributed by atoms with E-state index in [2.05, 4.69) is 0 Å². The average Bonchev–Trinajstić information content (AvgIpc) is 2.54. The van der Waals surface area contributed by atoms with Crippen molar-refractivity contribution in [2.75, 3.05) is 7.11 Å². The molecule has 0 aromatic heterocycles. The fourth-order valence-corrected chi connectivity index (χ4v) is 2.63. The molecule has 24 heavy (non-hydrogen) atoms. The minimum Gasteiger partial charge on any atom is -0.508 e. The standard InChI is InChI=1S/C18H18O6/c1-3-12-13(8-16(21)22)17(15(20)9-14(12)19)18(23)10-4-6-11(24-2)7-5-10/h4-7,9,19-20H,3,8H2,1-2H3,(H,21,22). The number of carboxylic acid groups (broad SMARTS) is 1. The summed E-state index contributed by atoms with van der Waals surface area (Å²) in [5, 5.41) is 29.2. The molecule has 6 nitrogen and oxygen atoms in total. The molecule has 0 spiro atoms. The summed E-state index contributed by atoms with van der Waals surface area (Å²) in [6.07, 6.45) is -0.139. The number of ether oxygens (including phenoxy) is 1. The van der Waals surface area contributed by atoms with E-state index in [-0.39, 0.29) is 22.4 Å². The number of benzene rings is 2. The molecule has 0 saturated carbocycles. The topological polar surface area (TPSA) is 104 Å².